The third-order valence-corrected chi connectivity index (χ3v) is 2.92. The van der Waals surface area contributed by atoms with Crippen LogP contribution in [0.5, 0.6) is 0 Å². The Balaban J connectivity index is 2.24. The smallest absolute Gasteiger partial charge is 0.0866 e. The number of rotatable bonds is 3. The lowest BCUT2D eigenvalue weighted by molar-refractivity contribution is 0.269. The Hall–Kier alpha value is -1.10. The molecule has 84 valence electrons. The maximum absolute atomic E-state index is 9.04. The number of hydrogen-bond acceptors (Lipinski definition) is 3. The van der Waals surface area contributed by atoms with Crippen LogP contribution in [0.1, 0.15) is 11.3 Å². The molecule has 4 nitrogen and oxygen atoms in total. The van der Waals surface area contributed by atoms with Gasteiger partial charge in [0.25, 0.3) is 0 Å². The van der Waals surface area contributed by atoms with Crippen LogP contribution in [-0.2, 0) is 13.2 Å². The zero-order valence-electron chi connectivity index (χ0n) is 8.27. The van der Waals surface area contributed by atoms with Crippen molar-refractivity contribution >= 4 is 23.2 Å². The number of aromatic nitrogens is 3. The Morgan fingerprint density at radius 1 is 1.25 bits per heavy atom. The summed E-state index contributed by atoms with van der Waals surface area (Å²) in [6, 6.07) is 5.36. The largest absolute Gasteiger partial charge is 0.390 e. The van der Waals surface area contributed by atoms with E-state index in [1.165, 1.54) is 6.20 Å². The summed E-state index contributed by atoms with van der Waals surface area (Å²) in [6.45, 7) is 0.418. The van der Waals surface area contributed by atoms with Gasteiger partial charge in [-0.25, -0.2) is 4.68 Å². The quantitative estimate of drug-likeness (QED) is 0.917. The van der Waals surface area contributed by atoms with Crippen molar-refractivity contribution in [3.8, 4) is 0 Å². The molecule has 2 rings (SSSR count). The number of benzene rings is 1. The van der Waals surface area contributed by atoms with Gasteiger partial charge >= 0.3 is 0 Å². The molecule has 0 amide bonds. The third kappa shape index (κ3) is 2.35. The van der Waals surface area contributed by atoms with Crippen LogP contribution in [-0.4, -0.2) is 20.1 Å². The van der Waals surface area contributed by atoms with Crippen LogP contribution in [0.25, 0.3) is 0 Å². The molecule has 1 N–H and O–H groups in total. The predicted molar refractivity (Wildman–Crippen MR) is 61.5 cm³/mol. The molecule has 0 spiro atoms. The molecule has 1 heterocycles. The average molecular weight is 258 g/mol. The molecule has 0 unspecified atom stereocenters. The summed E-state index contributed by atoms with van der Waals surface area (Å²) in [4.78, 5) is 0. The van der Waals surface area contributed by atoms with Crippen molar-refractivity contribution in [3.63, 3.8) is 0 Å². The van der Waals surface area contributed by atoms with E-state index in [0.29, 0.717) is 22.3 Å². The molecule has 16 heavy (non-hydrogen) atoms. The molecular weight excluding hydrogens is 249 g/mol. The van der Waals surface area contributed by atoms with Gasteiger partial charge in [0.2, 0.25) is 0 Å². The van der Waals surface area contributed by atoms with Crippen LogP contribution in [0.15, 0.2) is 24.4 Å². The molecule has 0 saturated heterocycles. The normalized spacial score (nSPS) is 10.7. The molecule has 0 aliphatic heterocycles. The molecule has 0 aliphatic rings. The summed E-state index contributed by atoms with van der Waals surface area (Å²) >= 11 is 11.7. The zero-order chi connectivity index (χ0) is 11.5. The van der Waals surface area contributed by atoms with Crippen LogP contribution in [0.4, 0.5) is 0 Å². The molecule has 0 atom stereocenters. The maximum Gasteiger partial charge on any atom is 0.0866 e. The van der Waals surface area contributed by atoms with Crippen LogP contribution in [0.2, 0.25) is 10.0 Å². The highest BCUT2D eigenvalue weighted by Crippen LogP contribution is 2.22. The van der Waals surface area contributed by atoms with E-state index in [4.69, 9.17) is 28.3 Å². The first kappa shape index (κ1) is 11.4. The standard InChI is InChI=1S/C10H9Cl2N3O/c11-9-2-1-7(3-10(9)12)5-15-8(6-16)4-13-14-15/h1-4,16H,5-6H2. The topological polar surface area (TPSA) is 50.9 Å². The number of halogens is 2. The lowest BCUT2D eigenvalue weighted by Gasteiger charge is -2.05. The first-order valence-electron chi connectivity index (χ1n) is 4.63. The SMILES string of the molecule is OCc1cnnn1Cc1ccc(Cl)c(Cl)c1. The van der Waals surface area contributed by atoms with Crippen molar-refractivity contribution < 1.29 is 5.11 Å². The molecule has 0 fully saturated rings. The lowest BCUT2D eigenvalue weighted by atomic mass is 10.2. The minimum Gasteiger partial charge on any atom is -0.390 e. The summed E-state index contributed by atoms with van der Waals surface area (Å²) in [7, 11) is 0. The van der Waals surface area contributed by atoms with Gasteiger partial charge in [-0.3, -0.25) is 0 Å². The van der Waals surface area contributed by atoms with Gasteiger partial charge in [-0.05, 0) is 17.7 Å². The molecule has 0 radical (unpaired) electrons. The summed E-state index contributed by atoms with van der Waals surface area (Å²) in [5.74, 6) is 0. The van der Waals surface area contributed by atoms with E-state index in [-0.39, 0.29) is 6.61 Å². The molecule has 2 aromatic rings. The van der Waals surface area contributed by atoms with Crippen molar-refractivity contribution in [1.82, 2.24) is 15.0 Å². The van der Waals surface area contributed by atoms with Crippen LogP contribution in [0, 0.1) is 0 Å². The monoisotopic (exact) mass is 257 g/mol. The van der Waals surface area contributed by atoms with Gasteiger partial charge in [0.05, 0.1) is 35.1 Å². The van der Waals surface area contributed by atoms with Crippen LogP contribution in [0.3, 0.4) is 0 Å². The Bertz CT molecular complexity index is 499. The second-order valence-corrected chi connectivity index (χ2v) is 4.10. The predicted octanol–water partition coefficient (Wildman–Crippen LogP) is 2.13. The van der Waals surface area contributed by atoms with Gasteiger partial charge < -0.3 is 5.11 Å². The maximum atomic E-state index is 9.04. The van der Waals surface area contributed by atoms with E-state index in [2.05, 4.69) is 10.3 Å². The van der Waals surface area contributed by atoms with Crippen LogP contribution < -0.4 is 0 Å². The summed E-state index contributed by atoms with van der Waals surface area (Å²) in [5.41, 5.74) is 1.61. The fraction of sp³-hybridized carbons (Fsp3) is 0.200. The van der Waals surface area contributed by atoms with E-state index in [1.807, 2.05) is 6.07 Å². The molecule has 0 aliphatic carbocycles. The van der Waals surface area contributed by atoms with E-state index >= 15 is 0 Å². The zero-order valence-corrected chi connectivity index (χ0v) is 9.78. The average Bonchev–Trinajstić information content (AvgIpc) is 2.71. The van der Waals surface area contributed by atoms with Crippen molar-refractivity contribution in [3.05, 3.63) is 45.7 Å². The number of aliphatic hydroxyl groups excluding tert-OH is 1. The Morgan fingerprint density at radius 2 is 2.06 bits per heavy atom. The van der Waals surface area contributed by atoms with Crippen molar-refractivity contribution in [2.45, 2.75) is 13.2 Å². The highest BCUT2D eigenvalue weighted by molar-refractivity contribution is 6.42. The molecular formula is C10H9Cl2N3O. The minimum absolute atomic E-state index is 0.0890. The molecule has 0 saturated carbocycles. The van der Waals surface area contributed by atoms with E-state index in [0.717, 1.165) is 5.56 Å². The summed E-state index contributed by atoms with van der Waals surface area (Å²) < 4.78 is 1.61. The third-order valence-electron chi connectivity index (χ3n) is 2.18. The highest BCUT2D eigenvalue weighted by Gasteiger charge is 2.05. The van der Waals surface area contributed by atoms with Crippen molar-refractivity contribution in [1.29, 1.82) is 0 Å². The fourth-order valence-corrected chi connectivity index (χ4v) is 1.67. The summed E-state index contributed by atoms with van der Waals surface area (Å²) in [6.07, 6.45) is 1.53. The van der Waals surface area contributed by atoms with Gasteiger partial charge in [-0.1, -0.05) is 34.5 Å². The Kier molecular flexibility index (Phi) is 3.43. The van der Waals surface area contributed by atoms with E-state index in [9.17, 15) is 0 Å². The number of hydrogen-bond donors (Lipinski definition) is 1. The van der Waals surface area contributed by atoms with Gasteiger partial charge in [0.15, 0.2) is 0 Å². The van der Waals surface area contributed by atoms with Gasteiger partial charge in [-0.15, -0.1) is 5.10 Å². The number of nitrogens with zero attached hydrogens (tertiary/aromatic N) is 3. The highest BCUT2D eigenvalue weighted by atomic mass is 35.5. The Labute approximate surface area is 102 Å². The molecule has 6 heteroatoms. The first-order chi connectivity index (χ1) is 7.70. The fourth-order valence-electron chi connectivity index (χ4n) is 1.35. The second-order valence-electron chi connectivity index (χ2n) is 3.29. The molecule has 1 aromatic carbocycles. The van der Waals surface area contributed by atoms with Crippen molar-refractivity contribution in [2.24, 2.45) is 0 Å². The van der Waals surface area contributed by atoms with E-state index in [1.54, 1.807) is 16.8 Å². The summed E-state index contributed by atoms with van der Waals surface area (Å²) in [5, 5.41) is 17.6. The number of aliphatic hydroxyl groups is 1. The van der Waals surface area contributed by atoms with Crippen LogP contribution >= 0.6 is 23.2 Å². The second kappa shape index (κ2) is 4.82. The molecule has 0 bridgehead atoms. The Morgan fingerprint density at radius 3 is 2.75 bits per heavy atom. The first-order valence-corrected chi connectivity index (χ1v) is 5.38. The van der Waals surface area contributed by atoms with Gasteiger partial charge in [0.1, 0.15) is 0 Å². The van der Waals surface area contributed by atoms with Crippen molar-refractivity contribution in [2.75, 3.05) is 0 Å². The van der Waals surface area contributed by atoms with E-state index < -0.39 is 0 Å². The molecule has 1 aromatic heterocycles. The lowest BCUT2D eigenvalue weighted by Crippen LogP contribution is -2.06. The minimum atomic E-state index is -0.0890. The van der Waals surface area contributed by atoms with Gasteiger partial charge in [-0.2, -0.15) is 0 Å². The van der Waals surface area contributed by atoms with Gasteiger partial charge in [0, 0.05) is 0 Å².